The van der Waals surface area contributed by atoms with Crippen LogP contribution in [0.4, 0.5) is 0 Å². The maximum Gasteiger partial charge on any atom is 0.257 e. The lowest BCUT2D eigenvalue weighted by Gasteiger charge is -2.25. The maximum atomic E-state index is 12.8. The summed E-state index contributed by atoms with van der Waals surface area (Å²) in [5.41, 5.74) is 2.85. The summed E-state index contributed by atoms with van der Waals surface area (Å²) in [5, 5.41) is 0. The third-order valence-electron chi connectivity index (χ3n) is 4.76. The molecular formula is C19H20N4O2. The van der Waals surface area contributed by atoms with Crippen LogP contribution < -0.4 is 0 Å². The van der Waals surface area contributed by atoms with E-state index in [1.54, 1.807) is 18.5 Å². The molecule has 4 heterocycles. The first-order valence-corrected chi connectivity index (χ1v) is 8.48. The van der Waals surface area contributed by atoms with Crippen LogP contribution in [-0.4, -0.2) is 31.9 Å². The van der Waals surface area contributed by atoms with Gasteiger partial charge in [-0.2, -0.15) is 0 Å². The van der Waals surface area contributed by atoms with Gasteiger partial charge in [-0.05, 0) is 43.5 Å². The Morgan fingerprint density at radius 1 is 1.32 bits per heavy atom. The molecule has 25 heavy (non-hydrogen) atoms. The first-order chi connectivity index (χ1) is 12.2. The van der Waals surface area contributed by atoms with Crippen molar-refractivity contribution in [2.75, 3.05) is 6.54 Å². The number of hydrogen-bond donors (Lipinski definition) is 0. The fourth-order valence-corrected chi connectivity index (χ4v) is 3.45. The largest absolute Gasteiger partial charge is 0.472 e. The number of furan rings is 1. The second-order valence-corrected chi connectivity index (χ2v) is 6.37. The zero-order chi connectivity index (χ0) is 17.2. The van der Waals surface area contributed by atoms with Crippen LogP contribution >= 0.6 is 0 Å². The van der Waals surface area contributed by atoms with Crippen LogP contribution in [0.2, 0.25) is 0 Å². The molecule has 1 unspecified atom stereocenters. The minimum absolute atomic E-state index is 0.00191. The lowest BCUT2D eigenvalue weighted by atomic mass is 10.1. The van der Waals surface area contributed by atoms with Crippen LogP contribution in [0.1, 0.15) is 46.3 Å². The standard InChI is InChI=1S/C19H20N4O2/c1-14-11-21-18(23(14)12-15-4-7-20-8-5-15)17-3-2-9-22(17)19(24)16-6-10-25-13-16/h4-8,10-11,13,17H,2-3,9,12H2,1H3. The number of aromatic nitrogens is 3. The number of hydrogen-bond acceptors (Lipinski definition) is 4. The highest BCUT2D eigenvalue weighted by Gasteiger charge is 2.34. The molecule has 1 saturated heterocycles. The normalized spacial score (nSPS) is 17.2. The molecule has 3 aromatic heterocycles. The van der Waals surface area contributed by atoms with Crippen molar-refractivity contribution in [3.8, 4) is 0 Å². The van der Waals surface area contributed by atoms with Crippen molar-refractivity contribution in [3.63, 3.8) is 0 Å². The molecule has 0 spiro atoms. The van der Waals surface area contributed by atoms with Crippen molar-refractivity contribution in [3.05, 3.63) is 72.0 Å². The highest BCUT2D eigenvalue weighted by molar-refractivity contribution is 5.94. The molecule has 1 aliphatic rings. The van der Waals surface area contributed by atoms with Gasteiger partial charge in [-0.15, -0.1) is 0 Å². The Bertz CT molecular complexity index is 855. The van der Waals surface area contributed by atoms with Gasteiger partial charge >= 0.3 is 0 Å². The first kappa shape index (κ1) is 15.6. The number of amides is 1. The minimum atomic E-state index is -0.00191. The molecule has 0 aromatic carbocycles. The second-order valence-electron chi connectivity index (χ2n) is 6.37. The summed E-state index contributed by atoms with van der Waals surface area (Å²) in [6.45, 7) is 3.53. The fourth-order valence-electron chi connectivity index (χ4n) is 3.45. The van der Waals surface area contributed by atoms with Crippen molar-refractivity contribution in [2.45, 2.75) is 32.4 Å². The van der Waals surface area contributed by atoms with Crippen LogP contribution in [0, 0.1) is 6.92 Å². The molecule has 128 valence electrons. The van der Waals surface area contributed by atoms with E-state index in [0.717, 1.165) is 37.4 Å². The van der Waals surface area contributed by atoms with Gasteiger partial charge in [0, 0.05) is 37.4 Å². The molecule has 1 amide bonds. The molecular weight excluding hydrogens is 316 g/mol. The van der Waals surface area contributed by atoms with Crippen molar-refractivity contribution < 1.29 is 9.21 Å². The number of nitrogens with zero attached hydrogens (tertiary/aromatic N) is 4. The predicted octanol–water partition coefficient (Wildman–Crippen LogP) is 3.21. The SMILES string of the molecule is Cc1cnc(C2CCCN2C(=O)c2ccoc2)n1Cc1ccncc1. The first-order valence-electron chi connectivity index (χ1n) is 8.48. The quantitative estimate of drug-likeness (QED) is 0.734. The highest BCUT2D eigenvalue weighted by Crippen LogP contribution is 2.33. The van der Waals surface area contributed by atoms with E-state index in [2.05, 4.69) is 21.5 Å². The van der Waals surface area contributed by atoms with Crippen molar-refractivity contribution in [1.29, 1.82) is 0 Å². The summed E-state index contributed by atoms with van der Waals surface area (Å²) in [6.07, 6.45) is 10.4. The van der Waals surface area contributed by atoms with E-state index in [-0.39, 0.29) is 11.9 Å². The summed E-state index contributed by atoms with van der Waals surface area (Å²) in [6, 6.07) is 5.73. The van der Waals surface area contributed by atoms with Gasteiger partial charge in [0.05, 0.1) is 17.9 Å². The monoisotopic (exact) mass is 336 g/mol. The number of carbonyl (C=O) groups is 1. The molecule has 3 aromatic rings. The van der Waals surface area contributed by atoms with E-state index >= 15 is 0 Å². The summed E-state index contributed by atoms with van der Waals surface area (Å²) >= 11 is 0. The third kappa shape index (κ3) is 2.95. The molecule has 6 nitrogen and oxygen atoms in total. The average molecular weight is 336 g/mol. The molecule has 1 atom stereocenters. The molecule has 4 rings (SSSR count). The molecule has 0 radical (unpaired) electrons. The van der Waals surface area contributed by atoms with E-state index in [1.165, 1.54) is 18.1 Å². The smallest absolute Gasteiger partial charge is 0.257 e. The van der Waals surface area contributed by atoms with E-state index in [9.17, 15) is 4.79 Å². The molecule has 0 aliphatic carbocycles. The van der Waals surface area contributed by atoms with Gasteiger partial charge in [0.2, 0.25) is 0 Å². The van der Waals surface area contributed by atoms with Crippen LogP contribution in [0.3, 0.4) is 0 Å². The Morgan fingerprint density at radius 3 is 2.92 bits per heavy atom. The summed E-state index contributed by atoms with van der Waals surface area (Å²) in [7, 11) is 0. The molecule has 0 bridgehead atoms. The topological polar surface area (TPSA) is 64.2 Å². The van der Waals surface area contributed by atoms with Gasteiger partial charge in [0.15, 0.2) is 0 Å². The summed E-state index contributed by atoms with van der Waals surface area (Å²) in [5.74, 6) is 0.955. The molecule has 0 N–H and O–H groups in total. The van der Waals surface area contributed by atoms with Crippen molar-refractivity contribution >= 4 is 5.91 Å². The maximum absolute atomic E-state index is 12.8. The predicted molar refractivity (Wildman–Crippen MR) is 92.0 cm³/mol. The zero-order valence-corrected chi connectivity index (χ0v) is 14.1. The van der Waals surface area contributed by atoms with Crippen molar-refractivity contribution in [2.24, 2.45) is 0 Å². The van der Waals surface area contributed by atoms with E-state index in [1.807, 2.05) is 23.2 Å². The van der Waals surface area contributed by atoms with E-state index < -0.39 is 0 Å². The molecule has 1 fully saturated rings. The molecule has 0 saturated carbocycles. The number of pyridine rings is 1. The van der Waals surface area contributed by atoms with Gasteiger partial charge in [-0.25, -0.2) is 4.98 Å². The molecule has 6 heteroatoms. The van der Waals surface area contributed by atoms with Crippen LogP contribution in [0.5, 0.6) is 0 Å². The van der Waals surface area contributed by atoms with Gasteiger partial charge in [-0.3, -0.25) is 9.78 Å². The number of likely N-dealkylation sites (tertiary alicyclic amines) is 1. The number of imidazole rings is 1. The van der Waals surface area contributed by atoms with Gasteiger partial charge in [-0.1, -0.05) is 0 Å². The van der Waals surface area contributed by atoms with E-state index in [0.29, 0.717) is 5.56 Å². The number of carbonyl (C=O) groups excluding carboxylic acids is 1. The Labute approximate surface area is 146 Å². The van der Waals surface area contributed by atoms with Crippen LogP contribution in [-0.2, 0) is 6.54 Å². The van der Waals surface area contributed by atoms with Crippen LogP contribution in [0.15, 0.2) is 53.7 Å². The second kappa shape index (κ2) is 6.55. The summed E-state index contributed by atoms with van der Waals surface area (Å²) < 4.78 is 7.26. The average Bonchev–Trinajstić information content (AvgIpc) is 3.37. The number of rotatable bonds is 4. The van der Waals surface area contributed by atoms with Gasteiger partial charge < -0.3 is 13.9 Å². The Morgan fingerprint density at radius 2 is 2.16 bits per heavy atom. The van der Waals surface area contributed by atoms with Crippen molar-refractivity contribution in [1.82, 2.24) is 19.4 Å². The summed E-state index contributed by atoms with van der Waals surface area (Å²) in [4.78, 5) is 23.4. The lowest BCUT2D eigenvalue weighted by molar-refractivity contribution is 0.0727. The highest BCUT2D eigenvalue weighted by atomic mass is 16.3. The number of aryl methyl sites for hydroxylation is 1. The Hall–Kier alpha value is -2.89. The lowest BCUT2D eigenvalue weighted by Crippen LogP contribution is -2.32. The van der Waals surface area contributed by atoms with Gasteiger partial charge in [0.25, 0.3) is 5.91 Å². The molecule has 1 aliphatic heterocycles. The Balaban J connectivity index is 1.64. The van der Waals surface area contributed by atoms with Crippen LogP contribution in [0.25, 0.3) is 0 Å². The van der Waals surface area contributed by atoms with Gasteiger partial charge in [0.1, 0.15) is 12.1 Å². The fraction of sp³-hybridized carbons (Fsp3) is 0.316. The minimum Gasteiger partial charge on any atom is -0.472 e. The third-order valence-corrected chi connectivity index (χ3v) is 4.76. The Kier molecular flexibility index (Phi) is 4.09. The van der Waals surface area contributed by atoms with E-state index in [4.69, 9.17) is 4.42 Å². The zero-order valence-electron chi connectivity index (χ0n) is 14.1.